The van der Waals surface area contributed by atoms with E-state index in [-0.39, 0.29) is 0 Å². The third-order valence-electron chi connectivity index (χ3n) is 12.1. The van der Waals surface area contributed by atoms with Crippen LogP contribution in [0.5, 0.6) is 11.5 Å². The van der Waals surface area contributed by atoms with Gasteiger partial charge in [0, 0.05) is 48.2 Å². The predicted molar refractivity (Wildman–Crippen MR) is 242 cm³/mol. The van der Waals surface area contributed by atoms with Gasteiger partial charge in [-0.2, -0.15) is 0 Å². The van der Waals surface area contributed by atoms with Crippen LogP contribution in [0.15, 0.2) is 212 Å². The van der Waals surface area contributed by atoms with Gasteiger partial charge in [-0.25, -0.2) is 0 Å². The summed E-state index contributed by atoms with van der Waals surface area (Å²) in [6, 6.07) is 77.3. The van der Waals surface area contributed by atoms with Crippen molar-refractivity contribution in [1.82, 2.24) is 0 Å². The third kappa shape index (κ3) is 4.78. The normalized spacial score (nSPS) is 13.1. The number of para-hydroxylation sites is 2. The van der Waals surface area contributed by atoms with Gasteiger partial charge in [0.1, 0.15) is 11.5 Å². The maximum Gasteiger partial charge on any atom is 0.132 e. The maximum atomic E-state index is 6.72. The quantitative estimate of drug-likeness (QED) is 0.173. The molecule has 1 spiro atoms. The molecule has 0 N–H and O–H groups in total. The van der Waals surface area contributed by atoms with Crippen LogP contribution in [0.25, 0.3) is 53.6 Å². The van der Waals surface area contributed by atoms with Gasteiger partial charge in [0.2, 0.25) is 0 Å². The van der Waals surface area contributed by atoms with Gasteiger partial charge in [-0.3, -0.25) is 0 Å². The Hall–Kier alpha value is -7.20. The van der Waals surface area contributed by atoms with E-state index < -0.39 is 5.41 Å². The van der Waals surface area contributed by atoms with E-state index in [9.17, 15) is 0 Å². The van der Waals surface area contributed by atoms with E-state index in [2.05, 4.69) is 217 Å². The highest BCUT2D eigenvalue weighted by molar-refractivity contribution is 7.26. The highest BCUT2D eigenvalue weighted by Crippen LogP contribution is 2.64. The SMILES string of the molecule is c1ccc(-c2cccc(N(c3ccc(-c4cccc5c4sc4ccccc45)cc3)c3cccc4c3C3(c5ccccc5Oc5ccccc53)c3ccccc3-4)c2)cc1. The second-order valence-corrected chi connectivity index (χ2v) is 16.2. The van der Waals surface area contributed by atoms with Crippen molar-refractivity contribution >= 4 is 48.6 Å². The second kappa shape index (κ2) is 12.9. The van der Waals surface area contributed by atoms with Crippen LogP contribution >= 0.6 is 11.3 Å². The third-order valence-corrected chi connectivity index (χ3v) is 13.4. The van der Waals surface area contributed by atoms with Crippen LogP contribution in [0.1, 0.15) is 22.3 Å². The molecule has 10 aromatic rings. The van der Waals surface area contributed by atoms with Crippen LogP contribution in [-0.4, -0.2) is 0 Å². The number of benzene rings is 9. The van der Waals surface area contributed by atoms with E-state index in [1.807, 2.05) is 11.3 Å². The molecule has 12 rings (SSSR count). The maximum absolute atomic E-state index is 6.72. The monoisotopic (exact) mass is 757 g/mol. The molecule has 0 saturated carbocycles. The number of ether oxygens (including phenoxy) is 1. The van der Waals surface area contributed by atoms with E-state index in [0.717, 1.165) is 39.7 Å². The molecule has 0 atom stereocenters. The molecule has 2 nitrogen and oxygen atoms in total. The van der Waals surface area contributed by atoms with Crippen molar-refractivity contribution in [3.63, 3.8) is 0 Å². The van der Waals surface area contributed by atoms with E-state index in [1.54, 1.807) is 0 Å². The lowest BCUT2D eigenvalue weighted by atomic mass is 9.65. The number of anilines is 3. The molecule has 2 aliphatic rings. The summed E-state index contributed by atoms with van der Waals surface area (Å²) in [6.07, 6.45) is 0. The summed E-state index contributed by atoms with van der Waals surface area (Å²) in [5.41, 5.74) is 14.8. The van der Waals surface area contributed by atoms with E-state index in [4.69, 9.17) is 4.74 Å². The molecule has 0 amide bonds. The Morgan fingerprint density at radius 3 is 1.81 bits per heavy atom. The molecule has 0 unspecified atom stereocenters. The Morgan fingerprint density at radius 2 is 1.00 bits per heavy atom. The fourth-order valence-corrected chi connectivity index (χ4v) is 11.0. The molecule has 3 heteroatoms. The van der Waals surface area contributed by atoms with Gasteiger partial charge in [0.15, 0.2) is 0 Å². The number of hydrogen-bond donors (Lipinski definition) is 0. The van der Waals surface area contributed by atoms with Crippen molar-refractivity contribution in [3.8, 4) is 44.9 Å². The van der Waals surface area contributed by atoms with Crippen LogP contribution in [-0.2, 0) is 5.41 Å². The van der Waals surface area contributed by atoms with Gasteiger partial charge >= 0.3 is 0 Å². The fraction of sp³-hybridized carbons (Fsp3) is 0.0182. The molecule has 0 saturated heterocycles. The van der Waals surface area contributed by atoms with E-state index >= 15 is 0 Å². The molecule has 1 aromatic heterocycles. The molecule has 1 aliphatic heterocycles. The van der Waals surface area contributed by atoms with Crippen LogP contribution < -0.4 is 9.64 Å². The molecule has 0 radical (unpaired) electrons. The number of fused-ring (bicyclic) bond motifs is 12. The molecule has 58 heavy (non-hydrogen) atoms. The molecule has 0 bridgehead atoms. The largest absolute Gasteiger partial charge is 0.457 e. The van der Waals surface area contributed by atoms with Crippen LogP contribution in [0.4, 0.5) is 17.1 Å². The zero-order valence-corrected chi connectivity index (χ0v) is 32.3. The lowest BCUT2D eigenvalue weighted by Crippen LogP contribution is -2.33. The van der Waals surface area contributed by atoms with Gasteiger partial charge in [0.25, 0.3) is 0 Å². The van der Waals surface area contributed by atoms with Crippen LogP contribution in [0.2, 0.25) is 0 Å². The van der Waals surface area contributed by atoms with Crippen molar-refractivity contribution in [2.45, 2.75) is 5.41 Å². The Kier molecular flexibility index (Phi) is 7.35. The van der Waals surface area contributed by atoms with Crippen molar-refractivity contribution in [1.29, 1.82) is 0 Å². The van der Waals surface area contributed by atoms with Gasteiger partial charge in [-0.05, 0) is 87.5 Å². The lowest BCUT2D eigenvalue weighted by molar-refractivity contribution is 0.436. The van der Waals surface area contributed by atoms with Crippen molar-refractivity contribution in [2.24, 2.45) is 0 Å². The summed E-state index contributed by atoms with van der Waals surface area (Å²) in [4.78, 5) is 2.48. The topological polar surface area (TPSA) is 12.5 Å². The summed E-state index contributed by atoms with van der Waals surface area (Å²) in [6.45, 7) is 0. The highest BCUT2D eigenvalue weighted by atomic mass is 32.1. The first-order valence-electron chi connectivity index (χ1n) is 19.8. The van der Waals surface area contributed by atoms with E-state index in [0.29, 0.717) is 0 Å². The van der Waals surface area contributed by atoms with Gasteiger partial charge < -0.3 is 9.64 Å². The Labute approximate surface area is 341 Å². The van der Waals surface area contributed by atoms with E-state index in [1.165, 1.54) is 64.7 Å². The molecule has 0 fully saturated rings. The Morgan fingerprint density at radius 1 is 0.397 bits per heavy atom. The molecule has 272 valence electrons. The predicted octanol–water partition coefficient (Wildman–Crippen LogP) is 15.3. The first kappa shape index (κ1) is 33.0. The molecular weight excluding hydrogens is 723 g/mol. The minimum atomic E-state index is -0.625. The summed E-state index contributed by atoms with van der Waals surface area (Å²) in [7, 11) is 0. The summed E-state index contributed by atoms with van der Waals surface area (Å²) < 4.78 is 9.36. The van der Waals surface area contributed by atoms with Gasteiger partial charge in [-0.1, -0.05) is 164 Å². The molecular formula is C55H35NOS. The highest BCUT2D eigenvalue weighted by Gasteiger charge is 2.52. The van der Waals surface area contributed by atoms with Crippen LogP contribution in [0.3, 0.4) is 0 Å². The number of hydrogen-bond acceptors (Lipinski definition) is 3. The summed E-state index contributed by atoms with van der Waals surface area (Å²) in [5.74, 6) is 1.77. The van der Waals surface area contributed by atoms with Gasteiger partial charge in [0.05, 0.1) is 11.1 Å². The minimum Gasteiger partial charge on any atom is -0.457 e. The zero-order valence-electron chi connectivity index (χ0n) is 31.5. The number of thiophene rings is 1. The summed E-state index contributed by atoms with van der Waals surface area (Å²) >= 11 is 1.87. The lowest BCUT2D eigenvalue weighted by Gasteiger charge is -2.41. The Balaban J connectivity index is 1.12. The second-order valence-electron chi connectivity index (χ2n) is 15.2. The molecule has 1 aliphatic carbocycles. The average Bonchev–Trinajstić information content (AvgIpc) is 3.82. The average molecular weight is 758 g/mol. The van der Waals surface area contributed by atoms with Gasteiger partial charge in [-0.15, -0.1) is 11.3 Å². The van der Waals surface area contributed by atoms with Crippen LogP contribution in [0, 0.1) is 0 Å². The Bertz CT molecular complexity index is 3170. The molecule has 9 aromatic carbocycles. The van der Waals surface area contributed by atoms with Crippen molar-refractivity contribution in [2.75, 3.05) is 4.90 Å². The first-order chi connectivity index (χ1) is 28.8. The molecule has 2 heterocycles. The smallest absolute Gasteiger partial charge is 0.132 e. The van der Waals surface area contributed by atoms with Crippen molar-refractivity contribution in [3.05, 3.63) is 235 Å². The number of nitrogens with zero attached hydrogens (tertiary/aromatic N) is 1. The fourth-order valence-electron chi connectivity index (χ4n) is 9.73. The minimum absolute atomic E-state index is 0.625. The number of rotatable bonds is 5. The van der Waals surface area contributed by atoms with Crippen molar-refractivity contribution < 1.29 is 4.74 Å². The summed E-state index contributed by atoms with van der Waals surface area (Å²) in [5, 5.41) is 2.62. The standard InChI is InChI=1S/C55H35NOS/c1-2-15-36(16-3-1)38-17-12-18-40(35-38)56(39-33-31-37(32-34-39)41-21-13-23-45-43-20-5-11-30-52(43)58-54(41)45)49-27-14-22-44-42-19-4-6-24-46(42)55(53(44)49)47-25-7-9-28-50(47)57-51-29-10-8-26-48(51)55/h1-35H. The zero-order chi connectivity index (χ0) is 38.2. The first-order valence-corrected chi connectivity index (χ1v) is 20.7.